The number of carboxylic acid groups (broad SMARTS) is 1. The highest BCUT2D eigenvalue weighted by molar-refractivity contribution is 5.89. The quantitative estimate of drug-likeness (QED) is 0.473. The van der Waals surface area contributed by atoms with Gasteiger partial charge in [-0.1, -0.05) is 12.1 Å². The minimum Gasteiger partial charge on any atom is -0.486 e. The third kappa shape index (κ3) is 6.53. The highest BCUT2D eigenvalue weighted by Crippen LogP contribution is 2.25. The third-order valence-electron chi connectivity index (χ3n) is 4.42. The van der Waals surface area contributed by atoms with Crippen molar-refractivity contribution in [2.45, 2.75) is 12.5 Å². The second kappa shape index (κ2) is 10.2. The molecular weight excluding hydrogens is 406 g/mol. The van der Waals surface area contributed by atoms with E-state index < -0.39 is 23.9 Å². The zero-order valence-corrected chi connectivity index (χ0v) is 16.3. The van der Waals surface area contributed by atoms with Crippen LogP contribution in [0.4, 0.5) is 19.3 Å². The van der Waals surface area contributed by atoms with Crippen molar-refractivity contribution in [3.63, 3.8) is 0 Å². The number of amides is 2. The Morgan fingerprint density at radius 1 is 0.871 bits per heavy atom. The molecule has 0 saturated carbocycles. The second-order valence-corrected chi connectivity index (χ2v) is 6.66. The van der Waals surface area contributed by atoms with Crippen LogP contribution in [-0.2, 0) is 0 Å². The first-order valence-electron chi connectivity index (χ1n) is 9.46. The van der Waals surface area contributed by atoms with Crippen molar-refractivity contribution in [1.29, 1.82) is 0 Å². The van der Waals surface area contributed by atoms with Crippen LogP contribution < -0.4 is 15.4 Å². The maximum absolute atomic E-state index is 13.3. The Morgan fingerprint density at radius 3 is 2.03 bits per heavy atom. The number of nitrogens with one attached hydrogen (secondary N) is 2. The Balaban J connectivity index is 1.62. The van der Waals surface area contributed by atoms with Crippen LogP contribution in [-0.4, -0.2) is 23.7 Å². The molecule has 1 unspecified atom stereocenters. The molecule has 0 fully saturated rings. The molecule has 3 N–H and O–H groups in total. The van der Waals surface area contributed by atoms with Crippen molar-refractivity contribution in [3.05, 3.63) is 95.6 Å². The Morgan fingerprint density at radius 2 is 1.45 bits per heavy atom. The van der Waals surface area contributed by atoms with E-state index in [4.69, 9.17) is 9.84 Å². The number of urea groups is 1. The van der Waals surface area contributed by atoms with Crippen LogP contribution in [0.3, 0.4) is 0 Å². The second-order valence-electron chi connectivity index (χ2n) is 6.66. The molecule has 0 spiro atoms. The molecule has 0 heterocycles. The summed E-state index contributed by atoms with van der Waals surface area (Å²) in [7, 11) is 0. The van der Waals surface area contributed by atoms with Crippen molar-refractivity contribution in [3.8, 4) is 5.75 Å². The molecule has 31 heavy (non-hydrogen) atoms. The molecule has 0 radical (unpaired) electrons. The number of hydrogen-bond acceptors (Lipinski definition) is 3. The molecule has 3 rings (SSSR count). The SMILES string of the molecule is O=C(NCCC(Oc1ccc(C(=O)O)cc1)c1ccc(F)cc1)Nc1ccc(F)cc1. The van der Waals surface area contributed by atoms with E-state index in [-0.39, 0.29) is 17.9 Å². The van der Waals surface area contributed by atoms with Crippen LogP contribution >= 0.6 is 0 Å². The number of rotatable bonds is 8. The maximum atomic E-state index is 13.3. The lowest BCUT2D eigenvalue weighted by Gasteiger charge is -2.20. The molecule has 0 aliphatic rings. The smallest absolute Gasteiger partial charge is 0.335 e. The monoisotopic (exact) mass is 426 g/mol. The van der Waals surface area contributed by atoms with Gasteiger partial charge >= 0.3 is 12.0 Å². The molecule has 0 aliphatic heterocycles. The van der Waals surface area contributed by atoms with E-state index >= 15 is 0 Å². The van der Waals surface area contributed by atoms with E-state index in [1.165, 1.54) is 60.7 Å². The number of benzene rings is 3. The van der Waals surface area contributed by atoms with E-state index in [1.807, 2.05) is 0 Å². The molecule has 3 aromatic rings. The predicted molar refractivity (Wildman–Crippen MR) is 111 cm³/mol. The highest BCUT2D eigenvalue weighted by atomic mass is 19.1. The minimum absolute atomic E-state index is 0.129. The van der Waals surface area contributed by atoms with Crippen LogP contribution in [0.25, 0.3) is 0 Å². The fourth-order valence-corrected chi connectivity index (χ4v) is 2.84. The molecule has 0 aliphatic carbocycles. The number of carbonyl (C=O) groups excluding carboxylic acids is 1. The van der Waals surface area contributed by atoms with Gasteiger partial charge in [-0.15, -0.1) is 0 Å². The Bertz CT molecular complexity index is 1020. The van der Waals surface area contributed by atoms with Gasteiger partial charge in [0, 0.05) is 18.7 Å². The average molecular weight is 426 g/mol. The van der Waals surface area contributed by atoms with E-state index in [0.717, 1.165) is 0 Å². The first-order chi connectivity index (χ1) is 14.9. The summed E-state index contributed by atoms with van der Waals surface area (Å²) in [6.07, 6.45) is -0.147. The lowest BCUT2D eigenvalue weighted by Crippen LogP contribution is -2.30. The Kier molecular flexibility index (Phi) is 7.16. The number of carboxylic acids is 1. The van der Waals surface area contributed by atoms with Crippen LogP contribution in [0.1, 0.15) is 28.4 Å². The normalized spacial score (nSPS) is 11.4. The summed E-state index contributed by atoms with van der Waals surface area (Å²) in [4.78, 5) is 23.1. The van der Waals surface area contributed by atoms with Crippen molar-refractivity contribution in [1.82, 2.24) is 5.32 Å². The number of ether oxygens (including phenoxy) is 1. The van der Waals surface area contributed by atoms with Gasteiger partial charge in [-0.3, -0.25) is 0 Å². The summed E-state index contributed by atoms with van der Waals surface area (Å²) in [6, 6.07) is 16.6. The summed E-state index contributed by atoms with van der Waals surface area (Å²) < 4.78 is 32.2. The van der Waals surface area contributed by atoms with Gasteiger partial charge in [0.05, 0.1) is 5.56 Å². The first kappa shape index (κ1) is 21.8. The molecule has 0 saturated heterocycles. The Labute approximate surface area is 177 Å². The number of hydrogen-bond donors (Lipinski definition) is 3. The molecule has 160 valence electrons. The lowest BCUT2D eigenvalue weighted by atomic mass is 10.1. The van der Waals surface area contributed by atoms with Crippen molar-refractivity contribution < 1.29 is 28.2 Å². The molecule has 0 aromatic heterocycles. The molecule has 3 aromatic carbocycles. The average Bonchev–Trinajstić information content (AvgIpc) is 2.75. The number of halogens is 2. The zero-order chi connectivity index (χ0) is 22.2. The van der Waals surface area contributed by atoms with E-state index in [2.05, 4.69) is 10.6 Å². The van der Waals surface area contributed by atoms with Crippen molar-refractivity contribution in [2.75, 3.05) is 11.9 Å². The topological polar surface area (TPSA) is 87.7 Å². The molecule has 1 atom stereocenters. The maximum Gasteiger partial charge on any atom is 0.335 e. The van der Waals surface area contributed by atoms with Gasteiger partial charge in [-0.2, -0.15) is 0 Å². The van der Waals surface area contributed by atoms with Gasteiger partial charge in [0.25, 0.3) is 0 Å². The summed E-state index contributed by atoms with van der Waals surface area (Å²) in [5, 5.41) is 14.3. The van der Waals surface area contributed by atoms with Crippen molar-refractivity contribution >= 4 is 17.7 Å². The molecule has 0 bridgehead atoms. The lowest BCUT2D eigenvalue weighted by molar-refractivity contribution is 0.0696. The van der Waals surface area contributed by atoms with E-state index in [0.29, 0.717) is 23.4 Å². The van der Waals surface area contributed by atoms with Gasteiger partial charge in [-0.05, 0) is 66.2 Å². The van der Waals surface area contributed by atoms with Gasteiger partial charge in [-0.25, -0.2) is 18.4 Å². The third-order valence-corrected chi connectivity index (χ3v) is 4.42. The van der Waals surface area contributed by atoms with Gasteiger partial charge in [0.15, 0.2) is 0 Å². The Hall–Kier alpha value is -3.94. The zero-order valence-electron chi connectivity index (χ0n) is 16.3. The largest absolute Gasteiger partial charge is 0.486 e. The summed E-state index contributed by atoms with van der Waals surface area (Å²) in [5.41, 5.74) is 1.28. The number of anilines is 1. The van der Waals surface area contributed by atoms with Gasteiger partial charge in [0.2, 0.25) is 0 Å². The van der Waals surface area contributed by atoms with Crippen LogP contribution in [0, 0.1) is 11.6 Å². The van der Waals surface area contributed by atoms with Gasteiger partial charge < -0.3 is 20.5 Å². The summed E-state index contributed by atoms with van der Waals surface area (Å²) >= 11 is 0. The summed E-state index contributed by atoms with van der Waals surface area (Å²) in [5.74, 6) is -1.39. The summed E-state index contributed by atoms with van der Waals surface area (Å²) in [6.45, 7) is 0.238. The molecular formula is C23H20F2N2O4. The fraction of sp³-hybridized carbons (Fsp3) is 0.130. The molecule has 2 amide bonds. The number of carbonyl (C=O) groups is 2. The molecule has 6 nitrogen and oxygen atoms in total. The van der Waals surface area contributed by atoms with Crippen LogP contribution in [0.2, 0.25) is 0 Å². The van der Waals surface area contributed by atoms with Crippen molar-refractivity contribution in [2.24, 2.45) is 0 Å². The number of aromatic carboxylic acids is 1. The standard InChI is InChI=1S/C23H20F2N2O4/c24-17-5-1-15(2-6-17)21(31-20-11-3-16(4-12-20)22(28)29)13-14-26-23(30)27-19-9-7-18(25)8-10-19/h1-12,21H,13-14H2,(H,28,29)(H2,26,27,30). The predicted octanol–water partition coefficient (Wildman–Crippen LogP) is 4.99. The fourth-order valence-electron chi connectivity index (χ4n) is 2.84. The van der Waals surface area contributed by atoms with E-state index in [1.54, 1.807) is 12.1 Å². The highest BCUT2D eigenvalue weighted by Gasteiger charge is 2.15. The van der Waals surface area contributed by atoms with Gasteiger partial charge in [0.1, 0.15) is 23.5 Å². The van der Waals surface area contributed by atoms with E-state index in [9.17, 15) is 18.4 Å². The van der Waals surface area contributed by atoms with Crippen LogP contribution in [0.5, 0.6) is 5.75 Å². The first-order valence-corrected chi connectivity index (χ1v) is 9.46. The minimum atomic E-state index is -1.04. The van der Waals surface area contributed by atoms with Crippen LogP contribution in [0.15, 0.2) is 72.8 Å². The molecule has 8 heteroatoms.